The van der Waals surface area contributed by atoms with E-state index in [-0.39, 0.29) is 6.79 Å². The van der Waals surface area contributed by atoms with Gasteiger partial charge in [0.1, 0.15) is 6.79 Å². The van der Waals surface area contributed by atoms with Crippen LogP contribution < -0.4 is 9.47 Å². The Labute approximate surface area is 126 Å². The third-order valence-electron chi connectivity index (χ3n) is 2.98. The third-order valence-corrected chi connectivity index (χ3v) is 2.98. The van der Waals surface area contributed by atoms with Crippen molar-refractivity contribution in [2.24, 2.45) is 0 Å². The fourth-order valence-electron chi connectivity index (χ4n) is 1.84. The molecule has 0 aliphatic rings. The topological polar surface area (TPSA) is 60.7 Å². The van der Waals surface area contributed by atoms with Gasteiger partial charge in [0.2, 0.25) is 0 Å². The quantitative estimate of drug-likeness (QED) is 0.490. The molecule has 0 aromatic heterocycles. The lowest BCUT2D eigenvalue weighted by atomic mass is 10.0. The highest BCUT2D eigenvalue weighted by atomic mass is 16.7. The molecule has 0 bridgehead atoms. The predicted octanol–water partition coefficient (Wildman–Crippen LogP) is 2.91. The number of methoxy groups -OCH3 is 2. The predicted molar refractivity (Wildman–Crippen MR) is 79.6 cm³/mol. The van der Waals surface area contributed by atoms with E-state index in [1.165, 1.54) is 0 Å². The van der Waals surface area contributed by atoms with Crippen LogP contribution in [0.25, 0.3) is 0 Å². The molecular weight excluding hydrogens is 270 g/mol. The Morgan fingerprint density at radius 1 is 1.14 bits per heavy atom. The number of rotatable bonds is 10. The molecule has 1 aromatic carbocycles. The normalized spacial score (nSPS) is 10.2. The summed E-state index contributed by atoms with van der Waals surface area (Å²) < 4.78 is 21.1. The van der Waals surface area contributed by atoms with Crippen molar-refractivity contribution < 1.29 is 18.9 Å². The number of hydrogen-bond donors (Lipinski definition) is 0. The lowest BCUT2D eigenvalue weighted by Gasteiger charge is -2.13. The number of hydrogen-bond acceptors (Lipinski definition) is 5. The van der Waals surface area contributed by atoms with E-state index in [9.17, 15) is 5.26 Å². The lowest BCUT2D eigenvalue weighted by Crippen LogP contribution is -2.05. The summed E-state index contributed by atoms with van der Waals surface area (Å²) >= 11 is 0. The molecule has 0 heterocycles. The van der Waals surface area contributed by atoms with Crippen LogP contribution >= 0.6 is 0 Å². The van der Waals surface area contributed by atoms with Crippen molar-refractivity contribution in [3.63, 3.8) is 0 Å². The summed E-state index contributed by atoms with van der Waals surface area (Å²) in [7, 11) is 3.17. The van der Waals surface area contributed by atoms with Crippen LogP contribution in [0, 0.1) is 11.3 Å². The van der Waals surface area contributed by atoms with Gasteiger partial charge in [-0.15, -0.1) is 0 Å². The average molecular weight is 293 g/mol. The van der Waals surface area contributed by atoms with Gasteiger partial charge in [-0.3, -0.25) is 0 Å². The van der Waals surface area contributed by atoms with Crippen molar-refractivity contribution >= 4 is 0 Å². The summed E-state index contributed by atoms with van der Waals surface area (Å²) in [5, 5.41) is 9.27. The molecule has 0 saturated carbocycles. The van der Waals surface area contributed by atoms with E-state index in [4.69, 9.17) is 18.9 Å². The Morgan fingerprint density at radius 3 is 2.57 bits per heavy atom. The van der Waals surface area contributed by atoms with Gasteiger partial charge >= 0.3 is 0 Å². The zero-order chi connectivity index (χ0) is 15.5. The van der Waals surface area contributed by atoms with Crippen molar-refractivity contribution in [1.29, 1.82) is 5.26 Å². The molecule has 0 saturated heterocycles. The average Bonchev–Trinajstić information content (AvgIpc) is 2.52. The molecule has 5 nitrogen and oxygen atoms in total. The number of benzene rings is 1. The maximum atomic E-state index is 9.27. The summed E-state index contributed by atoms with van der Waals surface area (Å²) in [6.07, 6.45) is 2.65. The van der Waals surface area contributed by atoms with Gasteiger partial charge in [-0.05, 0) is 24.5 Å². The van der Waals surface area contributed by atoms with E-state index < -0.39 is 0 Å². The van der Waals surface area contributed by atoms with Crippen LogP contribution in [-0.4, -0.2) is 34.2 Å². The van der Waals surface area contributed by atoms with E-state index in [1.54, 1.807) is 20.3 Å². The van der Waals surface area contributed by atoms with Gasteiger partial charge in [0.25, 0.3) is 0 Å². The molecule has 116 valence electrons. The molecule has 0 amide bonds. The first-order chi connectivity index (χ1) is 10.3. The molecule has 21 heavy (non-hydrogen) atoms. The van der Waals surface area contributed by atoms with E-state index in [1.807, 2.05) is 6.07 Å². The van der Waals surface area contributed by atoms with Gasteiger partial charge in [0.05, 0.1) is 32.0 Å². The maximum Gasteiger partial charge on any atom is 0.162 e. The molecule has 0 radical (unpaired) electrons. The highest BCUT2D eigenvalue weighted by Gasteiger charge is 2.11. The summed E-state index contributed by atoms with van der Waals surface area (Å²) in [5.74, 6) is 1.26. The molecule has 0 aliphatic heterocycles. The second-order valence-corrected chi connectivity index (χ2v) is 4.54. The molecule has 0 atom stereocenters. The number of nitriles is 1. The molecule has 0 unspecified atom stereocenters. The maximum absolute atomic E-state index is 9.27. The lowest BCUT2D eigenvalue weighted by molar-refractivity contribution is -0.0291. The Kier molecular flexibility index (Phi) is 8.25. The van der Waals surface area contributed by atoms with Crippen LogP contribution in [0.15, 0.2) is 12.1 Å². The molecule has 5 heteroatoms. The van der Waals surface area contributed by atoms with Crippen LogP contribution in [0.4, 0.5) is 0 Å². The van der Waals surface area contributed by atoms with Gasteiger partial charge in [-0.2, -0.15) is 5.26 Å². The molecule has 1 aromatic rings. The van der Waals surface area contributed by atoms with E-state index in [0.29, 0.717) is 36.7 Å². The van der Waals surface area contributed by atoms with Crippen molar-refractivity contribution in [3.8, 4) is 17.6 Å². The Hall–Kier alpha value is -1.77. The first kappa shape index (κ1) is 17.3. The number of unbranched alkanes of at least 4 members (excludes halogenated alkanes) is 1. The molecule has 0 N–H and O–H groups in total. The highest BCUT2D eigenvalue weighted by molar-refractivity contribution is 5.51. The van der Waals surface area contributed by atoms with Gasteiger partial charge in [0, 0.05) is 13.2 Å². The SMILES string of the molecule is CCCCOc1cc(C#N)c(CCOCOC)cc1OC. The number of nitrogens with zero attached hydrogens (tertiary/aromatic N) is 1. The first-order valence-corrected chi connectivity index (χ1v) is 7.07. The van der Waals surface area contributed by atoms with Crippen LogP contribution in [0.3, 0.4) is 0 Å². The summed E-state index contributed by atoms with van der Waals surface area (Å²) in [6, 6.07) is 5.78. The summed E-state index contributed by atoms with van der Waals surface area (Å²) in [4.78, 5) is 0. The third kappa shape index (κ3) is 5.62. The van der Waals surface area contributed by atoms with Crippen LogP contribution in [0.2, 0.25) is 0 Å². The van der Waals surface area contributed by atoms with Crippen LogP contribution in [0.1, 0.15) is 30.9 Å². The Bertz CT molecular complexity index is 468. The fraction of sp³-hybridized carbons (Fsp3) is 0.562. The largest absolute Gasteiger partial charge is 0.493 e. The molecule has 0 aliphatic carbocycles. The van der Waals surface area contributed by atoms with Gasteiger partial charge in [0.15, 0.2) is 11.5 Å². The fourth-order valence-corrected chi connectivity index (χ4v) is 1.84. The van der Waals surface area contributed by atoms with Crippen molar-refractivity contribution in [3.05, 3.63) is 23.3 Å². The van der Waals surface area contributed by atoms with Crippen molar-refractivity contribution in [2.75, 3.05) is 34.2 Å². The Balaban J connectivity index is 2.82. The second-order valence-electron chi connectivity index (χ2n) is 4.54. The van der Waals surface area contributed by atoms with E-state index >= 15 is 0 Å². The van der Waals surface area contributed by atoms with Gasteiger partial charge in [-0.25, -0.2) is 0 Å². The van der Waals surface area contributed by atoms with Gasteiger partial charge < -0.3 is 18.9 Å². The first-order valence-electron chi connectivity index (χ1n) is 7.07. The van der Waals surface area contributed by atoms with Crippen LogP contribution in [0.5, 0.6) is 11.5 Å². The highest BCUT2D eigenvalue weighted by Crippen LogP contribution is 2.31. The summed E-state index contributed by atoms with van der Waals surface area (Å²) in [6.45, 7) is 3.46. The molecular formula is C16H23NO4. The minimum absolute atomic E-state index is 0.247. The minimum Gasteiger partial charge on any atom is -0.493 e. The monoisotopic (exact) mass is 293 g/mol. The van der Waals surface area contributed by atoms with E-state index in [2.05, 4.69) is 13.0 Å². The Morgan fingerprint density at radius 2 is 1.95 bits per heavy atom. The minimum atomic E-state index is 0.247. The van der Waals surface area contributed by atoms with E-state index in [0.717, 1.165) is 18.4 Å². The standard InChI is InChI=1S/C16H23NO4/c1-4-5-7-21-16-10-14(11-17)13(9-15(16)19-3)6-8-20-12-18-2/h9-10H,4-8,12H2,1-3H3. The molecule has 0 fully saturated rings. The van der Waals surface area contributed by atoms with Crippen molar-refractivity contribution in [1.82, 2.24) is 0 Å². The summed E-state index contributed by atoms with van der Waals surface area (Å²) in [5.41, 5.74) is 1.47. The van der Waals surface area contributed by atoms with Gasteiger partial charge in [-0.1, -0.05) is 13.3 Å². The number of ether oxygens (including phenoxy) is 4. The zero-order valence-electron chi connectivity index (χ0n) is 13.0. The zero-order valence-corrected chi connectivity index (χ0v) is 13.0. The second kappa shape index (κ2) is 10.0. The van der Waals surface area contributed by atoms with Crippen LogP contribution in [-0.2, 0) is 15.9 Å². The molecule has 1 rings (SSSR count). The smallest absolute Gasteiger partial charge is 0.162 e. The molecule has 0 spiro atoms. The van der Waals surface area contributed by atoms with Crippen molar-refractivity contribution in [2.45, 2.75) is 26.2 Å².